The van der Waals surface area contributed by atoms with Crippen LogP contribution in [0.2, 0.25) is 0 Å². The van der Waals surface area contributed by atoms with Gasteiger partial charge >= 0.3 is 7.69 Å². The molecule has 102 valence electrons. The van der Waals surface area contributed by atoms with E-state index in [9.17, 15) is 8.78 Å². The first-order valence-corrected chi connectivity index (χ1v) is 5.79. The number of nitrogens with zero attached hydrogens (tertiary/aromatic N) is 2. The van der Waals surface area contributed by atoms with Crippen LogP contribution in [0.25, 0.3) is 0 Å². The lowest BCUT2D eigenvalue weighted by Crippen LogP contribution is -2.12. The topological polar surface area (TPSA) is 66.0 Å². The molecule has 0 N–H and O–H groups in total. The molecule has 0 unspecified atom stereocenters. The molecule has 0 saturated heterocycles. The van der Waals surface area contributed by atoms with Gasteiger partial charge in [-0.05, 0) is 36.4 Å². The van der Waals surface area contributed by atoms with Crippen molar-refractivity contribution in [3.05, 3.63) is 59.2 Å². The molecule has 7 heteroatoms. The lowest BCUT2D eigenvalue weighted by Gasteiger charge is -2.09. The minimum Gasteiger partial charge on any atom is -0.526 e. The first-order valence-electron chi connectivity index (χ1n) is 5.79. The van der Waals surface area contributed by atoms with Crippen LogP contribution in [0.3, 0.4) is 0 Å². The van der Waals surface area contributed by atoms with Crippen molar-refractivity contribution in [2.24, 2.45) is 0 Å². The molecule has 0 heterocycles. The molecule has 2 aromatic carbocycles. The Hall–Kier alpha value is -3.06. The Bertz CT molecular complexity index is 690. The molecule has 0 bridgehead atoms. The number of benzene rings is 2. The smallest absolute Gasteiger partial charge is 0.526 e. The number of hydrogen-bond acceptors (Lipinski definition) is 4. The van der Waals surface area contributed by atoms with Crippen LogP contribution in [0, 0.1) is 34.3 Å². The third-order valence-corrected chi connectivity index (χ3v) is 2.55. The molecule has 0 aromatic heterocycles. The highest BCUT2D eigenvalue weighted by atomic mass is 19.1. The highest BCUT2D eigenvalue weighted by molar-refractivity contribution is 6.20. The van der Waals surface area contributed by atoms with Crippen molar-refractivity contribution in [1.29, 1.82) is 10.5 Å². The van der Waals surface area contributed by atoms with E-state index in [2.05, 4.69) is 0 Å². The van der Waals surface area contributed by atoms with E-state index in [-0.39, 0.29) is 22.6 Å². The van der Waals surface area contributed by atoms with E-state index < -0.39 is 19.3 Å². The standard InChI is InChI=1S/C14H7BF2N2O2/c16-11-3-1-9(7-18)5-13(11)20-15-21-14-6-10(8-19)2-4-12(14)17/h1-6,15H. The fourth-order valence-electron chi connectivity index (χ4n) is 1.52. The lowest BCUT2D eigenvalue weighted by atomic mass is 10.2. The molecule has 4 nitrogen and oxygen atoms in total. The maximum Gasteiger partial charge on any atom is 0.576 e. The minimum atomic E-state index is -0.663. The largest absolute Gasteiger partial charge is 0.576 e. The number of hydrogen-bond donors (Lipinski definition) is 0. The monoisotopic (exact) mass is 284 g/mol. The summed E-state index contributed by atoms with van der Waals surface area (Å²) in [6, 6.07) is 10.9. The maximum atomic E-state index is 13.4. The third-order valence-electron chi connectivity index (χ3n) is 2.55. The normalized spacial score (nSPS) is 9.33. The molecule has 0 atom stereocenters. The molecule has 2 rings (SSSR count). The summed E-state index contributed by atoms with van der Waals surface area (Å²) in [4.78, 5) is 0. The van der Waals surface area contributed by atoms with Crippen molar-refractivity contribution in [1.82, 2.24) is 0 Å². The predicted octanol–water partition coefficient (Wildman–Crippen LogP) is 2.43. The fraction of sp³-hybridized carbons (Fsp3) is 0. The summed E-state index contributed by atoms with van der Waals surface area (Å²) >= 11 is 0. The van der Waals surface area contributed by atoms with Gasteiger partial charge in [-0.1, -0.05) is 0 Å². The van der Waals surface area contributed by atoms with Crippen molar-refractivity contribution < 1.29 is 18.1 Å². The van der Waals surface area contributed by atoms with Gasteiger partial charge in [0.15, 0.2) is 11.6 Å². The summed E-state index contributed by atoms with van der Waals surface area (Å²) in [5.74, 6) is -1.68. The van der Waals surface area contributed by atoms with Crippen molar-refractivity contribution in [2.45, 2.75) is 0 Å². The van der Waals surface area contributed by atoms with Gasteiger partial charge in [0.25, 0.3) is 0 Å². The van der Waals surface area contributed by atoms with Gasteiger partial charge in [0.05, 0.1) is 23.3 Å². The van der Waals surface area contributed by atoms with Gasteiger partial charge in [-0.3, -0.25) is 0 Å². The molecular weight excluding hydrogens is 277 g/mol. The summed E-state index contributed by atoms with van der Waals surface area (Å²) in [5, 5.41) is 17.4. The average molecular weight is 284 g/mol. The van der Waals surface area contributed by atoms with Gasteiger partial charge in [0, 0.05) is 0 Å². The van der Waals surface area contributed by atoms with E-state index in [4.69, 9.17) is 19.8 Å². The van der Waals surface area contributed by atoms with Crippen LogP contribution in [-0.2, 0) is 0 Å². The van der Waals surface area contributed by atoms with Crippen LogP contribution < -0.4 is 9.31 Å². The van der Waals surface area contributed by atoms with Crippen molar-refractivity contribution >= 4 is 7.69 Å². The zero-order valence-corrected chi connectivity index (χ0v) is 10.6. The van der Waals surface area contributed by atoms with Gasteiger partial charge in [-0.25, -0.2) is 8.78 Å². The van der Waals surface area contributed by atoms with E-state index in [0.29, 0.717) is 0 Å². The minimum absolute atomic E-state index is 0.175. The SMILES string of the molecule is N#Cc1ccc(F)c(OBOc2cc(C#N)ccc2F)c1. The van der Waals surface area contributed by atoms with E-state index >= 15 is 0 Å². The van der Waals surface area contributed by atoms with Crippen molar-refractivity contribution in [3.63, 3.8) is 0 Å². The van der Waals surface area contributed by atoms with Crippen LogP contribution >= 0.6 is 0 Å². The quantitative estimate of drug-likeness (QED) is 0.809. The highest BCUT2D eigenvalue weighted by Gasteiger charge is 2.09. The van der Waals surface area contributed by atoms with Crippen molar-refractivity contribution in [3.8, 4) is 23.6 Å². The molecule has 0 aliphatic heterocycles. The van der Waals surface area contributed by atoms with E-state index in [1.54, 1.807) is 0 Å². The molecule has 0 amide bonds. The molecular formula is C14H7BF2N2O2. The van der Waals surface area contributed by atoms with E-state index in [0.717, 1.165) is 12.1 Å². The molecule has 2 aromatic rings. The first-order chi connectivity index (χ1) is 10.1. The summed E-state index contributed by atoms with van der Waals surface area (Å²) in [5.41, 5.74) is 0.452. The second-order valence-corrected chi connectivity index (χ2v) is 3.92. The molecule has 0 aliphatic carbocycles. The van der Waals surface area contributed by atoms with Crippen LogP contribution in [0.4, 0.5) is 8.78 Å². The Morgan fingerprint density at radius 3 is 1.62 bits per heavy atom. The zero-order chi connectivity index (χ0) is 15.2. The molecule has 0 aliphatic rings. The van der Waals surface area contributed by atoms with E-state index in [1.807, 2.05) is 12.1 Å². The van der Waals surface area contributed by atoms with Gasteiger partial charge < -0.3 is 9.31 Å². The molecule has 21 heavy (non-hydrogen) atoms. The summed E-state index contributed by atoms with van der Waals surface area (Å²) in [6.45, 7) is 0. The zero-order valence-electron chi connectivity index (χ0n) is 10.6. The number of nitriles is 2. The Morgan fingerprint density at radius 2 is 1.24 bits per heavy atom. The Morgan fingerprint density at radius 1 is 0.810 bits per heavy atom. The molecule has 0 fully saturated rings. The van der Waals surface area contributed by atoms with Crippen molar-refractivity contribution in [2.75, 3.05) is 0 Å². The predicted molar refractivity (Wildman–Crippen MR) is 70.6 cm³/mol. The molecule has 0 radical (unpaired) electrons. The maximum absolute atomic E-state index is 13.4. The highest BCUT2D eigenvalue weighted by Crippen LogP contribution is 2.20. The Labute approximate surface area is 120 Å². The van der Waals surface area contributed by atoms with E-state index in [1.165, 1.54) is 24.3 Å². The number of halogens is 2. The molecule has 0 spiro atoms. The van der Waals surface area contributed by atoms with Crippen LogP contribution in [0.1, 0.15) is 11.1 Å². The Balaban J connectivity index is 2.05. The van der Waals surface area contributed by atoms with Gasteiger partial charge in [0.2, 0.25) is 0 Å². The Kier molecular flexibility index (Phi) is 4.38. The number of rotatable bonds is 4. The second-order valence-electron chi connectivity index (χ2n) is 3.92. The lowest BCUT2D eigenvalue weighted by molar-refractivity contribution is 0.421. The third kappa shape index (κ3) is 3.49. The van der Waals surface area contributed by atoms with Crippen LogP contribution in [0.15, 0.2) is 36.4 Å². The average Bonchev–Trinajstić information content (AvgIpc) is 2.51. The first kappa shape index (κ1) is 14.4. The second kappa shape index (κ2) is 6.40. The van der Waals surface area contributed by atoms with Crippen LogP contribution in [-0.4, -0.2) is 7.69 Å². The summed E-state index contributed by atoms with van der Waals surface area (Å²) in [7, 11) is -0.461. The summed E-state index contributed by atoms with van der Waals surface area (Å²) < 4.78 is 36.9. The van der Waals surface area contributed by atoms with Gasteiger partial charge in [-0.15, -0.1) is 0 Å². The summed E-state index contributed by atoms with van der Waals surface area (Å²) in [6.07, 6.45) is 0. The van der Waals surface area contributed by atoms with Crippen LogP contribution in [0.5, 0.6) is 11.5 Å². The fourth-order valence-corrected chi connectivity index (χ4v) is 1.52. The molecule has 0 saturated carbocycles. The van der Waals surface area contributed by atoms with Gasteiger partial charge in [0.1, 0.15) is 11.5 Å². The van der Waals surface area contributed by atoms with Gasteiger partial charge in [-0.2, -0.15) is 10.5 Å².